The fraction of sp³-hybridized carbons (Fsp3) is 0.235. The average molecular weight is 269 g/mol. The van der Waals surface area contributed by atoms with Gasteiger partial charge in [0.15, 0.2) is 5.78 Å². The van der Waals surface area contributed by atoms with E-state index in [0.29, 0.717) is 16.8 Å². The third-order valence-electron chi connectivity index (χ3n) is 3.39. The fourth-order valence-electron chi connectivity index (χ4n) is 2.25. The Morgan fingerprint density at radius 3 is 2.50 bits per heavy atom. The average Bonchev–Trinajstić information content (AvgIpc) is 2.37. The second-order valence-corrected chi connectivity index (χ2v) is 5.34. The number of aryl methyl sites for hydroxylation is 1. The fourth-order valence-corrected chi connectivity index (χ4v) is 2.25. The molecule has 2 rings (SSSR count). The van der Waals surface area contributed by atoms with E-state index in [1.807, 2.05) is 20.8 Å². The summed E-state index contributed by atoms with van der Waals surface area (Å²) < 4.78 is 0. The maximum Gasteiger partial charge on any atom is 0.193 e. The van der Waals surface area contributed by atoms with Crippen LogP contribution in [0.3, 0.4) is 0 Å². The SMILES string of the molecule is Cc1cc(O)c(C(C)C)cc1C(=O)c1cccc(N)c1. The van der Waals surface area contributed by atoms with E-state index in [4.69, 9.17) is 5.73 Å². The number of rotatable bonds is 3. The number of aromatic hydroxyl groups is 1. The predicted molar refractivity (Wildman–Crippen MR) is 81.2 cm³/mol. The first-order valence-electron chi connectivity index (χ1n) is 6.64. The van der Waals surface area contributed by atoms with E-state index in [1.165, 1.54) is 0 Å². The van der Waals surface area contributed by atoms with E-state index in [2.05, 4.69) is 0 Å². The second-order valence-electron chi connectivity index (χ2n) is 5.34. The molecule has 0 aromatic heterocycles. The van der Waals surface area contributed by atoms with Gasteiger partial charge >= 0.3 is 0 Å². The Bertz CT molecular complexity index is 660. The van der Waals surface area contributed by atoms with Crippen molar-refractivity contribution in [2.24, 2.45) is 0 Å². The number of nitrogens with two attached hydrogens (primary N) is 1. The number of carbonyl (C=O) groups is 1. The smallest absolute Gasteiger partial charge is 0.193 e. The Morgan fingerprint density at radius 1 is 1.20 bits per heavy atom. The van der Waals surface area contributed by atoms with Crippen LogP contribution in [0, 0.1) is 6.92 Å². The van der Waals surface area contributed by atoms with Crippen molar-refractivity contribution in [1.29, 1.82) is 0 Å². The normalized spacial score (nSPS) is 10.8. The topological polar surface area (TPSA) is 63.3 Å². The standard InChI is InChI=1S/C17H19NO2/c1-10(2)14-9-15(11(3)7-16(14)19)17(20)12-5-4-6-13(18)8-12/h4-10,19H,18H2,1-3H3. The number of anilines is 1. The predicted octanol–water partition coefficient (Wildman–Crippen LogP) is 3.64. The van der Waals surface area contributed by atoms with E-state index in [-0.39, 0.29) is 17.5 Å². The minimum atomic E-state index is -0.0725. The van der Waals surface area contributed by atoms with Crippen LogP contribution in [-0.2, 0) is 0 Å². The van der Waals surface area contributed by atoms with Crippen molar-refractivity contribution >= 4 is 11.5 Å². The Labute approximate surface area is 119 Å². The molecule has 104 valence electrons. The quantitative estimate of drug-likeness (QED) is 0.660. The van der Waals surface area contributed by atoms with Crippen LogP contribution in [0.5, 0.6) is 5.75 Å². The van der Waals surface area contributed by atoms with Gasteiger partial charge in [-0.05, 0) is 48.2 Å². The molecule has 0 spiro atoms. The lowest BCUT2D eigenvalue weighted by Crippen LogP contribution is -2.06. The number of phenols is 1. The molecular formula is C17H19NO2. The molecule has 0 bridgehead atoms. The monoisotopic (exact) mass is 269 g/mol. The van der Waals surface area contributed by atoms with Gasteiger partial charge in [0.05, 0.1) is 0 Å². The van der Waals surface area contributed by atoms with Crippen LogP contribution < -0.4 is 5.73 Å². The molecule has 0 aliphatic carbocycles. The summed E-state index contributed by atoms with van der Waals surface area (Å²) in [4.78, 5) is 12.6. The Morgan fingerprint density at radius 2 is 1.90 bits per heavy atom. The zero-order valence-electron chi connectivity index (χ0n) is 12.0. The van der Waals surface area contributed by atoms with E-state index in [1.54, 1.807) is 36.4 Å². The largest absolute Gasteiger partial charge is 0.508 e. The van der Waals surface area contributed by atoms with Crippen molar-refractivity contribution < 1.29 is 9.90 Å². The Kier molecular flexibility index (Phi) is 3.79. The number of benzene rings is 2. The molecule has 0 radical (unpaired) electrons. The third kappa shape index (κ3) is 2.67. The molecule has 0 aliphatic heterocycles. The highest BCUT2D eigenvalue weighted by atomic mass is 16.3. The summed E-state index contributed by atoms with van der Waals surface area (Å²) in [7, 11) is 0. The first-order valence-corrected chi connectivity index (χ1v) is 6.64. The van der Waals surface area contributed by atoms with Crippen molar-refractivity contribution in [3.8, 4) is 5.75 Å². The molecule has 2 aromatic carbocycles. The van der Waals surface area contributed by atoms with Crippen molar-refractivity contribution in [3.63, 3.8) is 0 Å². The first-order chi connectivity index (χ1) is 9.40. The summed E-state index contributed by atoms with van der Waals surface area (Å²) in [5.74, 6) is 0.321. The lowest BCUT2D eigenvalue weighted by atomic mass is 9.92. The van der Waals surface area contributed by atoms with Gasteiger partial charge < -0.3 is 10.8 Å². The molecule has 0 saturated heterocycles. The van der Waals surface area contributed by atoms with Gasteiger partial charge in [-0.2, -0.15) is 0 Å². The summed E-state index contributed by atoms with van der Waals surface area (Å²) in [5, 5.41) is 9.95. The van der Waals surface area contributed by atoms with Gasteiger partial charge in [0.25, 0.3) is 0 Å². The van der Waals surface area contributed by atoms with Crippen LogP contribution in [0.15, 0.2) is 36.4 Å². The van der Waals surface area contributed by atoms with Crippen molar-refractivity contribution in [1.82, 2.24) is 0 Å². The maximum atomic E-state index is 12.6. The number of ketones is 1. The second kappa shape index (κ2) is 5.37. The van der Waals surface area contributed by atoms with Gasteiger partial charge in [-0.25, -0.2) is 0 Å². The highest BCUT2D eigenvalue weighted by Gasteiger charge is 2.16. The molecular weight excluding hydrogens is 250 g/mol. The molecule has 2 aromatic rings. The molecule has 0 saturated carbocycles. The van der Waals surface area contributed by atoms with Gasteiger partial charge in [-0.3, -0.25) is 4.79 Å². The van der Waals surface area contributed by atoms with Crippen LogP contribution in [0.4, 0.5) is 5.69 Å². The Hall–Kier alpha value is -2.29. The van der Waals surface area contributed by atoms with Gasteiger partial charge in [0.1, 0.15) is 5.75 Å². The molecule has 0 aliphatic rings. The van der Waals surface area contributed by atoms with Gasteiger partial charge in [0, 0.05) is 16.8 Å². The minimum Gasteiger partial charge on any atom is -0.508 e. The van der Waals surface area contributed by atoms with Crippen LogP contribution in [0.2, 0.25) is 0 Å². The summed E-state index contributed by atoms with van der Waals surface area (Å²) in [5.41, 5.74) is 9.00. The van der Waals surface area contributed by atoms with Crippen LogP contribution in [-0.4, -0.2) is 10.9 Å². The number of nitrogen functional groups attached to an aromatic ring is 1. The molecule has 0 fully saturated rings. The van der Waals surface area contributed by atoms with Gasteiger partial charge in [0.2, 0.25) is 0 Å². The minimum absolute atomic E-state index is 0.0725. The first kappa shape index (κ1) is 14.1. The number of phenolic OH excluding ortho intramolecular Hbond substituents is 1. The van der Waals surface area contributed by atoms with Crippen molar-refractivity contribution in [2.45, 2.75) is 26.7 Å². The number of hydrogen-bond acceptors (Lipinski definition) is 3. The molecule has 0 heterocycles. The lowest BCUT2D eigenvalue weighted by Gasteiger charge is -2.13. The molecule has 3 nitrogen and oxygen atoms in total. The number of carbonyl (C=O) groups excluding carboxylic acids is 1. The zero-order chi connectivity index (χ0) is 14.9. The summed E-state index contributed by atoms with van der Waals surface area (Å²) >= 11 is 0. The molecule has 3 N–H and O–H groups in total. The third-order valence-corrected chi connectivity index (χ3v) is 3.39. The van der Waals surface area contributed by atoms with Crippen molar-refractivity contribution in [3.05, 3.63) is 58.7 Å². The number of hydrogen-bond donors (Lipinski definition) is 2. The van der Waals surface area contributed by atoms with E-state index in [9.17, 15) is 9.90 Å². The highest BCUT2D eigenvalue weighted by molar-refractivity contribution is 6.10. The van der Waals surface area contributed by atoms with Crippen LogP contribution >= 0.6 is 0 Å². The molecule has 3 heteroatoms. The highest BCUT2D eigenvalue weighted by Crippen LogP contribution is 2.29. The van der Waals surface area contributed by atoms with Gasteiger partial charge in [-0.1, -0.05) is 26.0 Å². The van der Waals surface area contributed by atoms with E-state index < -0.39 is 0 Å². The molecule has 0 unspecified atom stereocenters. The maximum absolute atomic E-state index is 12.6. The van der Waals surface area contributed by atoms with Gasteiger partial charge in [-0.15, -0.1) is 0 Å². The zero-order valence-corrected chi connectivity index (χ0v) is 12.0. The molecule has 0 amide bonds. The molecule has 0 atom stereocenters. The van der Waals surface area contributed by atoms with Crippen LogP contribution in [0.25, 0.3) is 0 Å². The summed E-state index contributed by atoms with van der Waals surface area (Å²) in [6, 6.07) is 10.4. The van der Waals surface area contributed by atoms with E-state index >= 15 is 0 Å². The summed E-state index contributed by atoms with van der Waals surface area (Å²) in [6.45, 7) is 5.79. The van der Waals surface area contributed by atoms with Crippen LogP contribution in [0.1, 0.15) is 46.8 Å². The lowest BCUT2D eigenvalue weighted by molar-refractivity contribution is 0.103. The Balaban J connectivity index is 2.52. The molecule has 20 heavy (non-hydrogen) atoms. The van der Waals surface area contributed by atoms with E-state index in [0.717, 1.165) is 11.1 Å². The summed E-state index contributed by atoms with van der Waals surface area (Å²) in [6.07, 6.45) is 0. The van der Waals surface area contributed by atoms with Crippen molar-refractivity contribution in [2.75, 3.05) is 5.73 Å².